The largest absolute Gasteiger partial charge is 0.418 e. The number of imidazole rings is 1. The Bertz CT molecular complexity index is 1240. The van der Waals surface area contributed by atoms with Crippen LogP contribution in [0.4, 0.5) is 13.2 Å². The summed E-state index contributed by atoms with van der Waals surface area (Å²) in [7, 11) is 5.45. The van der Waals surface area contributed by atoms with Crippen LogP contribution in [0.1, 0.15) is 62.6 Å². The van der Waals surface area contributed by atoms with E-state index in [9.17, 15) is 18.0 Å². The second kappa shape index (κ2) is 13.4. The van der Waals surface area contributed by atoms with E-state index in [1.807, 2.05) is 0 Å². The van der Waals surface area contributed by atoms with Crippen molar-refractivity contribution in [1.82, 2.24) is 29.6 Å². The summed E-state index contributed by atoms with van der Waals surface area (Å²) in [6.45, 7) is 6.07. The number of nitrogens with one attached hydrogen (secondary N) is 2. The molecular formula is C30H47F3N6O3. The van der Waals surface area contributed by atoms with Crippen molar-refractivity contribution in [2.75, 3.05) is 54.2 Å². The molecule has 2 aliphatic heterocycles. The van der Waals surface area contributed by atoms with Crippen molar-refractivity contribution >= 4 is 5.52 Å². The summed E-state index contributed by atoms with van der Waals surface area (Å²) < 4.78 is 57.1. The molecule has 2 N–H and O–H groups in total. The lowest BCUT2D eigenvalue weighted by atomic mass is 9.71. The zero-order valence-corrected chi connectivity index (χ0v) is 25.3. The molecule has 1 aliphatic carbocycles. The predicted octanol–water partition coefficient (Wildman–Crippen LogP) is 3.93. The van der Waals surface area contributed by atoms with Gasteiger partial charge in [0.2, 0.25) is 0 Å². The fourth-order valence-corrected chi connectivity index (χ4v) is 7.80. The van der Waals surface area contributed by atoms with Gasteiger partial charge in [-0.3, -0.25) is 18.8 Å². The number of nitrogens with zero attached hydrogens (tertiary/aromatic N) is 4. The number of rotatable bonds is 10. The Hall–Kier alpha value is -1.96. The highest BCUT2D eigenvalue weighted by Crippen LogP contribution is 2.42. The maximum Gasteiger partial charge on any atom is 0.418 e. The highest BCUT2D eigenvalue weighted by molar-refractivity contribution is 5.56. The molecule has 4 heterocycles. The summed E-state index contributed by atoms with van der Waals surface area (Å²) in [4.78, 5) is 18.2. The summed E-state index contributed by atoms with van der Waals surface area (Å²) in [5, 5.41) is 0. The Morgan fingerprint density at radius 1 is 1.10 bits per heavy atom. The minimum atomic E-state index is -4.56. The number of piperidine rings is 1. The van der Waals surface area contributed by atoms with Gasteiger partial charge >= 0.3 is 11.9 Å². The predicted molar refractivity (Wildman–Crippen MR) is 155 cm³/mol. The normalized spacial score (nSPS) is 27.3. The number of methoxy groups -OCH3 is 2. The Kier molecular flexibility index (Phi) is 10.0. The van der Waals surface area contributed by atoms with E-state index in [2.05, 4.69) is 34.6 Å². The molecule has 2 aromatic rings. The van der Waals surface area contributed by atoms with Crippen LogP contribution in [0.25, 0.3) is 5.52 Å². The van der Waals surface area contributed by atoms with E-state index >= 15 is 0 Å². The summed E-state index contributed by atoms with van der Waals surface area (Å²) in [6.07, 6.45) is 4.06. The minimum absolute atomic E-state index is 0.0470. The number of hydrogen-bond acceptors (Lipinski definition) is 7. The smallest absolute Gasteiger partial charge is 0.384 e. The van der Waals surface area contributed by atoms with E-state index in [-0.39, 0.29) is 35.5 Å². The van der Waals surface area contributed by atoms with Crippen LogP contribution < -0.4 is 16.5 Å². The Morgan fingerprint density at radius 2 is 1.86 bits per heavy atom. The maximum atomic E-state index is 14.4. The number of hydrazine groups is 1. The monoisotopic (exact) mass is 596 g/mol. The molecule has 0 spiro atoms. The molecule has 12 heteroatoms. The van der Waals surface area contributed by atoms with Crippen molar-refractivity contribution in [3.63, 3.8) is 0 Å². The molecule has 0 amide bonds. The molecule has 3 aliphatic rings. The van der Waals surface area contributed by atoms with Gasteiger partial charge in [0.05, 0.1) is 37.1 Å². The summed E-state index contributed by atoms with van der Waals surface area (Å²) >= 11 is 0. The fraction of sp³-hybridized carbons (Fsp3) is 0.767. The number of likely N-dealkylation sites (tertiary alicyclic amines) is 1. The van der Waals surface area contributed by atoms with Gasteiger partial charge in [-0.25, -0.2) is 15.6 Å². The van der Waals surface area contributed by atoms with E-state index in [0.717, 1.165) is 45.2 Å². The molecule has 42 heavy (non-hydrogen) atoms. The summed E-state index contributed by atoms with van der Waals surface area (Å²) in [5.74, 6) is 1.02. The molecule has 3 fully saturated rings. The molecule has 0 bridgehead atoms. The molecular weight excluding hydrogens is 549 g/mol. The van der Waals surface area contributed by atoms with Crippen LogP contribution in [0, 0.1) is 23.7 Å². The van der Waals surface area contributed by atoms with E-state index in [1.54, 1.807) is 25.0 Å². The number of aromatic nitrogens is 2. The third-order valence-electron chi connectivity index (χ3n) is 9.65. The molecule has 0 radical (unpaired) electrons. The lowest BCUT2D eigenvalue weighted by Gasteiger charge is -2.42. The number of ether oxygens (including phenoxy) is 2. The Labute approximate surface area is 246 Å². The van der Waals surface area contributed by atoms with Crippen molar-refractivity contribution in [1.29, 1.82) is 0 Å². The van der Waals surface area contributed by atoms with Crippen LogP contribution in [0.15, 0.2) is 23.3 Å². The molecule has 9 nitrogen and oxygen atoms in total. The van der Waals surface area contributed by atoms with Gasteiger partial charge < -0.3 is 9.47 Å². The molecule has 2 saturated heterocycles. The van der Waals surface area contributed by atoms with Gasteiger partial charge in [-0.05, 0) is 75.1 Å². The van der Waals surface area contributed by atoms with Gasteiger partial charge in [-0.2, -0.15) is 13.2 Å². The van der Waals surface area contributed by atoms with Gasteiger partial charge in [-0.15, -0.1) is 0 Å². The zero-order chi connectivity index (χ0) is 30.0. The number of fused-ring (bicyclic) bond motifs is 1. The van der Waals surface area contributed by atoms with E-state index in [4.69, 9.17) is 9.47 Å². The van der Waals surface area contributed by atoms with Crippen molar-refractivity contribution in [3.05, 3.63) is 40.1 Å². The average Bonchev–Trinajstić information content (AvgIpc) is 3.51. The van der Waals surface area contributed by atoms with Crippen LogP contribution in [0.5, 0.6) is 0 Å². The first-order valence-electron chi connectivity index (χ1n) is 15.3. The fourth-order valence-electron chi connectivity index (χ4n) is 7.80. The van der Waals surface area contributed by atoms with Crippen molar-refractivity contribution < 1.29 is 22.6 Å². The highest BCUT2D eigenvalue weighted by atomic mass is 19.4. The number of hydrogen-bond donors (Lipinski definition) is 2. The van der Waals surface area contributed by atoms with E-state index in [1.165, 1.54) is 16.7 Å². The second-order valence-electron chi connectivity index (χ2n) is 12.8. The van der Waals surface area contributed by atoms with Crippen LogP contribution in [0.2, 0.25) is 0 Å². The molecule has 0 aromatic carbocycles. The van der Waals surface area contributed by atoms with Crippen molar-refractivity contribution in [3.8, 4) is 0 Å². The summed E-state index contributed by atoms with van der Waals surface area (Å²) in [6, 6.07) is 1.06. The molecule has 5 rings (SSSR count). The quantitative estimate of drug-likeness (QED) is 0.431. The number of halogens is 3. The van der Waals surface area contributed by atoms with Crippen molar-refractivity contribution in [2.24, 2.45) is 23.7 Å². The van der Waals surface area contributed by atoms with Crippen LogP contribution >= 0.6 is 0 Å². The van der Waals surface area contributed by atoms with Gasteiger partial charge in [0, 0.05) is 51.7 Å². The third-order valence-corrected chi connectivity index (χ3v) is 9.65. The first-order chi connectivity index (χ1) is 20.1. The zero-order valence-electron chi connectivity index (χ0n) is 25.3. The molecule has 2 aromatic heterocycles. The first-order valence-corrected chi connectivity index (χ1v) is 15.3. The van der Waals surface area contributed by atoms with Gasteiger partial charge in [0.25, 0.3) is 0 Å². The average molecular weight is 597 g/mol. The molecule has 5 atom stereocenters. The van der Waals surface area contributed by atoms with Crippen LogP contribution in [-0.4, -0.2) is 79.2 Å². The lowest BCUT2D eigenvalue weighted by molar-refractivity contribution is -0.136. The topological polar surface area (TPSA) is 75.4 Å². The van der Waals surface area contributed by atoms with Crippen LogP contribution in [0.3, 0.4) is 0 Å². The van der Waals surface area contributed by atoms with E-state index < -0.39 is 17.4 Å². The minimum Gasteiger partial charge on any atom is -0.384 e. The number of pyridine rings is 1. The van der Waals surface area contributed by atoms with Gasteiger partial charge in [0.1, 0.15) is 0 Å². The van der Waals surface area contributed by atoms with Gasteiger partial charge in [-0.1, -0.05) is 13.3 Å². The second-order valence-corrected chi connectivity index (χ2v) is 12.8. The molecule has 1 saturated carbocycles. The van der Waals surface area contributed by atoms with E-state index in [0.29, 0.717) is 44.3 Å². The number of alkyl halides is 3. The SMILES string of the molecule is COCC(COC)[C@H](C1CCCC(n2cc3c(C(F)(F)F)cc(CN4CCC[C@H](C)C4)cn3c2=O)C1)C1NNCN1C. The molecule has 3 unspecified atom stereocenters. The highest BCUT2D eigenvalue weighted by Gasteiger charge is 2.42. The lowest BCUT2D eigenvalue weighted by Crippen LogP contribution is -2.50. The first kappa shape index (κ1) is 31.5. The maximum absolute atomic E-state index is 14.4. The summed E-state index contributed by atoms with van der Waals surface area (Å²) in [5.41, 5.74) is 5.97. The van der Waals surface area contributed by atoms with Gasteiger partial charge in [0.15, 0.2) is 0 Å². The Morgan fingerprint density at radius 3 is 2.50 bits per heavy atom. The molecule has 236 valence electrons. The Balaban J connectivity index is 1.47. The van der Waals surface area contributed by atoms with Crippen molar-refractivity contribution in [2.45, 2.75) is 70.4 Å². The van der Waals surface area contributed by atoms with Crippen LogP contribution in [-0.2, 0) is 22.2 Å². The standard InChI is InChI=1S/C30H47F3N6O3/c1-20-7-6-10-37(13-20)14-21-11-25(30(31,32)33)26-16-38(29(40)39(26)15-21)24-9-5-8-22(12-24)27(23(17-41-3)18-42-4)28-35-34-19-36(28)2/h11,15-16,20,22-24,27-28,34-35H,5-10,12-14,17-19H2,1-4H3/t20-,22?,24?,27-,28?/m0/s1. The third kappa shape index (κ3) is 6.73.